The van der Waals surface area contributed by atoms with E-state index in [9.17, 15) is 4.79 Å². The molecule has 2 aromatic carbocycles. The number of ether oxygens (including phenoxy) is 1. The van der Waals surface area contributed by atoms with Gasteiger partial charge < -0.3 is 14.8 Å². The van der Waals surface area contributed by atoms with Crippen molar-refractivity contribution < 1.29 is 14.6 Å². The van der Waals surface area contributed by atoms with Crippen molar-refractivity contribution in [3.8, 4) is 5.75 Å². The van der Waals surface area contributed by atoms with Gasteiger partial charge in [0.15, 0.2) is 0 Å². The van der Waals surface area contributed by atoms with Gasteiger partial charge in [-0.25, -0.2) is 0 Å². The molecule has 3 aromatic rings. The molecule has 0 aliphatic carbocycles. The molecule has 2 saturated heterocycles. The second kappa shape index (κ2) is 9.86. The van der Waals surface area contributed by atoms with Crippen molar-refractivity contribution in [2.75, 3.05) is 33.9 Å². The number of aliphatic hydroxyl groups excluding tert-OH is 1. The van der Waals surface area contributed by atoms with Crippen molar-refractivity contribution >= 4 is 17.2 Å². The Labute approximate surface area is 189 Å². The van der Waals surface area contributed by atoms with E-state index in [1.807, 2.05) is 18.3 Å². The van der Waals surface area contributed by atoms with Crippen LogP contribution in [0.2, 0.25) is 0 Å². The van der Waals surface area contributed by atoms with Crippen LogP contribution in [0.25, 0.3) is 10.9 Å². The van der Waals surface area contributed by atoms with Gasteiger partial charge in [0.2, 0.25) is 0 Å². The molecule has 0 bridgehead atoms. The summed E-state index contributed by atoms with van der Waals surface area (Å²) < 4.78 is 5.81. The zero-order chi connectivity index (χ0) is 22.7. The molecule has 0 saturated carbocycles. The molecule has 0 amide bonds. The lowest BCUT2D eigenvalue weighted by molar-refractivity contribution is 0.0446. The molecule has 2 aliphatic rings. The van der Waals surface area contributed by atoms with Gasteiger partial charge in [0.05, 0.1) is 7.11 Å². The second-order valence-corrected chi connectivity index (χ2v) is 8.66. The molecule has 2 N–H and O–H groups in total. The third kappa shape index (κ3) is 4.18. The van der Waals surface area contributed by atoms with Crippen molar-refractivity contribution in [2.24, 2.45) is 0 Å². The maximum Gasteiger partial charge on any atom is 0.150 e. The van der Waals surface area contributed by atoms with Crippen molar-refractivity contribution in [1.29, 1.82) is 0 Å². The Balaban J connectivity index is 0.00000119. The van der Waals surface area contributed by atoms with Gasteiger partial charge >= 0.3 is 0 Å². The maximum absolute atomic E-state index is 11.1. The van der Waals surface area contributed by atoms with E-state index in [1.165, 1.54) is 47.0 Å². The van der Waals surface area contributed by atoms with Crippen LogP contribution in [0.3, 0.4) is 0 Å². The van der Waals surface area contributed by atoms with E-state index in [2.05, 4.69) is 46.0 Å². The molecule has 0 spiro atoms. The normalized spacial score (nSPS) is 21.1. The lowest BCUT2D eigenvalue weighted by atomic mass is 9.97. The second-order valence-electron chi connectivity index (χ2n) is 8.66. The highest BCUT2D eigenvalue weighted by Gasteiger charge is 2.37. The first-order valence-corrected chi connectivity index (χ1v) is 11.3. The van der Waals surface area contributed by atoms with E-state index in [-0.39, 0.29) is 0 Å². The molecule has 1 unspecified atom stereocenters. The number of fused-ring (bicyclic) bond motifs is 2. The number of aromatic nitrogens is 1. The summed E-state index contributed by atoms with van der Waals surface area (Å²) in [6.45, 7) is 6.26. The number of nitrogens with zero attached hydrogens (tertiary/aromatic N) is 2. The van der Waals surface area contributed by atoms with Crippen LogP contribution in [0.4, 0.5) is 0 Å². The quantitative estimate of drug-likeness (QED) is 0.595. The Morgan fingerprint density at radius 3 is 2.69 bits per heavy atom. The van der Waals surface area contributed by atoms with Crippen molar-refractivity contribution in [1.82, 2.24) is 14.8 Å². The van der Waals surface area contributed by atoms with Crippen molar-refractivity contribution in [3.05, 3.63) is 64.8 Å². The number of rotatable bonds is 5. The average Bonchev–Trinajstić information content (AvgIpc) is 3.51. The number of methoxy groups -OCH3 is 1. The van der Waals surface area contributed by atoms with Crippen LogP contribution in [0.15, 0.2) is 42.6 Å². The summed E-state index contributed by atoms with van der Waals surface area (Å²) >= 11 is 0. The highest BCUT2D eigenvalue weighted by molar-refractivity contribution is 5.88. The summed E-state index contributed by atoms with van der Waals surface area (Å²) in [5.41, 5.74) is 5.66. The minimum Gasteiger partial charge on any atom is -0.496 e. The molecule has 3 heterocycles. The monoisotopic (exact) mass is 435 g/mol. The van der Waals surface area contributed by atoms with Crippen LogP contribution in [-0.2, 0) is 6.54 Å². The largest absolute Gasteiger partial charge is 0.496 e. The van der Waals surface area contributed by atoms with Gasteiger partial charge in [-0.2, -0.15) is 0 Å². The fourth-order valence-corrected chi connectivity index (χ4v) is 5.35. The topological polar surface area (TPSA) is 68.8 Å². The van der Waals surface area contributed by atoms with E-state index in [0.717, 1.165) is 44.3 Å². The molecule has 0 radical (unpaired) electrons. The molecule has 5 rings (SSSR count). The number of carbonyl (C=O) groups is 1. The molecule has 2 aliphatic heterocycles. The van der Waals surface area contributed by atoms with Gasteiger partial charge in [0, 0.05) is 67.1 Å². The van der Waals surface area contributed by atoms with Crippen LogP contribution in [0, 0.1) is 6.92 Å². The zero-order valence-corrected chi connectivity index (χ0v) is 19.2. The molecule has 1 aromatic heterocycles. The fourth-order valence-electron chi connectivity index (χ4n) is 5.35. The first-order valence-electron chi connectivity index (χ1n) is 11.3. The lowest BCUT2D eigenvalue weighted by Crippen LogP contribution is -2.51. The SMILES string of the molecule is CO.COc1cc(C)c2[nH]ccc2c1CN1C[C@@H]2CCCN2CC1c1ccc(C=O)cc1. The zero-order valence-electron chi connectivity index (χ0n) is 19.2. The summed E-state index contributed by atoms with van der Waals surface area (Å²) in [7, 11) is 2.77. The predicted octanol–water partition coefficient (Wildman–Crippen LogP) is 3.93. The molecule has 2 atom stereocenters. The van der Waals surface area contributed by atoms with Gasteiger partial charge in [0.25, 0.3) is 0 Å². The van der Waals surface area contributed by atoms with Crippen molar-refractivity contribution in [2.45, 2.75) is 38.4 Å². The van der Waals surface area contributed by atoms with E-state index in [1.54, 1.807) is 7.11 Å². The number of hydrogen-bond donors (Lipinski definition) is 2. The molecule has 170 valence electrons. The van der Waals surface area contributed by atoms with Crippen LogP contribution in [0.5, 0.6) is 5.75 Å². The lowest BCUT2D eigenvalue weighted by Gasteiger charge is -2.44. The number of aliphatic hydroxyl groups is 1. The van der Waals surface area contributed by atoms with E-state index in [0.29, 0.717) is 12.1 Å². The van der Waals surface area contributed by atoms with Crippen molar-refractivity contribution in [3.63, 3.8) is 0 Å². The Morgan fingerprint density at radius 2 is 1.97 bits per heavy atom. The number of nitrogens with one attached hydrogen (secondary N) is 1. The van der Waals surface area contributed by atoms with Gasteiger partial charge in [-0.05, 0) is 49.6 Å². The summed E-state index contributed by atoms with van der Waals surface area (Å²) in [6, 6.07) is 13.4. The summed E-state index contributed by atoms with van der Waals surface area (Å²) in [5, 5.41) is 8.25. The van der Waals surface area contributed by atoms with E-state index in [4.69, 9.17) is 9.84 Å². The first-order chi connectivity index (χ1) is 15.7. The van der Waals surface area contributed by atoms with Crippen LogP contribution in [-0.4, -0.2) is 66.1 Å². The maximum atomic E-state index is 11.1. The first kappa shape index (κ1) is 22.5. The summed E-state index contributed by atoms with van der Waals surface area (Å²) in [6.07, 6.45) is 5.49. The molecule has 6 nitrogen and oxygen atoms in total. The molecule has 6 heteroatoms. The third-order valence-electron chi connectivity index (χ3n) is 6.94. The fraction of sp³-hybridized carbons (Fsp3) is 0.423. The number of carbonyl (C=O) groups excluding carboxylic acids is 1. The number of benzene rings is 2. The molecular weight excluding hydrogens is 402 g/mol. The van der Waals surface area contributed by atoms with Crippen LogP contribution >= 0.6 is 0 Å². The molecule has 2 fully saturated rings. The number of aromatic amines is 1. The van der Waals surface area contributed by atoms with Crippen LogP contribution < -0.4 is 4.74 Å². The predicted molar refractivity (Wildman–Crippen MR) is 127 cm³/mol. The average molecular weight is 436 g/mol. The van der Waals surface area contributed by atoms with Gasteiger partial charge in [-0.15, -0.1) is 0 Å². The highest BCUT2D eigenvalue weighted by atomic mass is 16.5. The minimum absolute atomic E-state index is 0.306. The Morgan fingerprint density at radius 1 is 1.19 bits per heavy atom. The number of hydrogen-bond acceptors (Lipinski definition) is 5. The molecule has 32 heavy (non-hydrogen) atoms. The highest BCUT2D eigenvalue weighted by Crippen LogP contribution is 2.37. The van der Waals surface area contributed by atoms with Gasteiger partial charge in [0.1, 0.15) is 12.0 Å². The van der Waals surface area contributed by atoms with E-state index < -0.39 is 0 Å². The smallest absolute Gasteiger partial charge is 0.150 e. The standard InChI is InChI=1S/C25H29N3O2.CH4O/c1-17-12-24(30-2)22(21-9-10-26-25(17)21)14-28-13-20-4-3-11-27(20)15-23(28)19-7-5-18(16-29)6-8-19;1-2/h5-10,12,16,20,23,26H,3-4,11,13-15H2,1-2H3;2H,1H3/t20-,23?;/m0./s1. The molecular formula is C26H33N3O3. The number of piperazine rings is 1. The summed E-state index contributed by atoms with van der Waals surface area (Å²) in [5.74, 6) is 0.962. The Bertz CT molecular complexity index is 1060. The third-order valence-corrected chi connectivity index (χ3v) is 6.94. The minimum atomic E-state index is 0.306. The number of aryl methyl sites for hydroxylation is 1. The Hall–Kier alpha value is -2.67. The van der Waals surface area contributed by atoms with Gasteiger partial charge in [-0.3, -0.25) is 14.6 Å². The number of aldehydes is 1. The Kier molecular flexibility index (Phi) is 6.94. The summed E-state index contributed by atoms with van der Waals surface area (Å²) in [4.78, 5) is 19.8. The number of H-pyrrole nitrogens is 1. The van der Waals surface area contributed by atoms with Gasteiger partial charge in [-0.1, -0.05) is 24.3 Å². The van der Waals surface area contributed by atoms with Crippen LogP contribution in [0.1, 0.15) is 45.9 Å². The van der Waals surface area contributed by atoms with E-state index >= 15 is 0 Å².